The number of ether oxygens (including phenoxy) is 1. The highest BCUT2D eigenvalue weighted by Crippen LogP contribution is 2.44. The van der Waals surface area contributed by atoms with E-state index >= 15 is 0 Å². The first-order valence-electron chi connectivity index (χ1n) is 9.97. The Labute approximate surface area is 190 Å². The fourth-order valence-electron chi connectivity index (χ4n) is 4.07. The van der Waals surface area contributed by atoms with Crippen LogP contribution in [0.1, 0.15) is 17.0 Å². The molecular formula is C22H19F3N2O5S. The summed E-state index contributed by atoms with van der Waals surface area (Å²) in [5, 5.41) is 10.7. The Morgan fingerprint density at radius 3 is 2.21 bits per heavy atom. The van der Waals surface area contributed by atoms with Gasteiger partial charge in [-0.15, -0.1) is 11.8 Å². The van der Waals surface area contributed by atoms with Gasteiger partial charge in [0, 0.05) is 11.7 Å². The number of nitrogens with zero attached hydrogens (tertiary/aromatic N) is 1. The van der Waals surface area contributed by atoms with Crippen LogP contribution in [0.5, 0.6) is 0 Å². The Morgan fingerprint density at radius 1 is 1.09 bits per heavy atom. The average Bonchev–Trinajstić information content (AvgIpc) is 3.38. The smallest absolute Gasteiger partial charge is 0.417 e. The lowest BCUT2D eigenvalue weighted by Gasteiger charge is -2.27. The minimum Gasteiger partial charge on any atom is -0.480 e. The standard InChI is InChI=1S/C22H19F3N2O5S/c23-22(24,25)18(19(28)27-11-33-10-17(27)20(29)30)26-21(31)32-9-16-14-7-3-1-5-12(14)13-6-2-4-8-15(13)16/h1-8,16-18H,9-11H2,(H,26,31)(H,29,30). The molecule has 0 spiro atoms. The summed E-state index contributed by atoms with van der Waals surface area (Å²) < 4.78 is 45.8. The van der Waals surface area contributed by atoms with Gasteiger partial charge in [0.05, 0.1) is 5.88 Å². The van der Waals surface area contributed by atoms with Crippen LogP contribution < -0.4 is 5.32 Å². The van der Waals surface area contributed by atoms with Crippen molar-refractivity contribution < 1.29 is 37.4 Å². The van der Waals surface area contributed by atoms with Gasteiger partial charge in [-0.3, -0.25) is 4.79 Å². The third-order valence-electron chi connectivity index (χ3n) is 5.63. The second kappa shape index (κ2) is 8.97. The van der Waals surface area contributed by atoms with Gasteiger partial charge in [0.25, 0.3) is 5.91 Å². The molecule has 0 bridgehead atoms. The van der Waals surface area contributed by atoms with Crippen LogP contribution in [0.15, 0.2) is 48.5 Å². The Kier molecular flexibility index (Phi) is 6.24. The number of carboxylic acid groups (broad SMARTS) is 1. The van der Waals surface area contributed by atoms with E-state index in [1.54, 1.807) is 5.32 Å². The minimum atomic E-state index is -5.13. The molecule has 2 aliphatic rings. The molecule has 0 aromatic heterocycles. The number of alkyl carbamates (subject to hydrolysis) is 1. The quantitative estimate of drug-likeness (QED) is 0.681. The number of nitrogens with one attached hydrogen (secondary N) is 1. The van der Waals surface area contributed by atoms with Crippen molar-refractivity contribution in [2.45, 2.75) is 24.2 Å². The normalized spacial score (nSPS) is 18.4. The topological polar surface area (TPSA) is 95.9 Å². The summed E-state index contributed by atoms with van der Waals surface area (Å²) in [5.74, 6) is -3.55. The second-order valence-corrected chi connectivity index (χ2v) is 8.61. The number of rotatable bonds is 5. The first kappa shape index (κ1) is 23.0. The SMILES string of the molecule is O=C(NC(C(=O)N1CSCC1C(=O)O)C(F)(F)F)OCC1c2ccccc2-c2ccccc21. The van der Waals surface area contributed by atoms with Crippen LogP contribution in [0.25, 0.3) is 11.1 Å². The summed E-state index contributed by atoms with van der Waals surface area (Å²) in [4.78, 5) is 36.6. The van der Waals surface area contributed by atoms with Crippen molar-refractivity contribution in [3.8, 4) is 11.1 Å². The average molecular weight is 480 g/mol. The number of alkyl halides is 3. The Hall–Kier alpha value is -3.21. The maximum Gasteiger partial charge on any atom is 0.417 e. The zero-order valence-electron chi connectivity index (χ0n) is 17.0. The van der Waals surface area contributed by atoms with Crippen molar-refractivity contribution in [2.24, 2.45) is 0 Å². The van der Waals surface area contributed by atoms with Gasteiger partial charge in [-0.25, -0.2) is 9.59 Å². The van der Waals surface area contributed by atoms with Gasteiger partial charge < -0.3 is 20.1 Å². The largest absolute Gasteiger partial charge is 0.480 e. The molecule has 4 rings (SSSR count). The van der Waals surface area contributed by atoms with Crippen molar-refractivity contribution in [3.05, 3.63) is 59.7 Å². The molecule has 2 aromatic carbocycles. The van der Waals surface area contributed by atoms with Gasteiger partial charge in [0.1, 0.15) is 12.6 Å². The van der Waals surface area contributed by atoms with E-state index in [1.165, 1.54) is 0 Å². The Bertz CT molecular complexity index is 1050. The lowest BCUT2D eigenvalue weighted by molar-refractivity contribution is -0.176. The second-order valence-electron chi connectivity index (χ2n) is 7.61. The van der Waals surface area contributed by atoms with Crippen molar-refractivity contribution >= 4 is 29.7 Å². The van der Waals surface area contributed by atoms with Crippen molar-refractivity contribution in [1.29, 1.82) is 0 Å². The van der Waals surface area contributed by atoms with E-state index in [0.29, 0.717) is 4.90 Å². The van der Waals surface area contributed by atoms with E-state index in [0.717, 1.165) is 34.0 Å². The molecule has 33 heavy (non-hydrogen) atoms. The number of benzene rings is 2. The van der Waals surface area contributed by atoms with E-state index in [1.807, 2.05) is 48.5 Å². The molecular weight excluding hydrogens is 461 g/mol. The molecule has 0 saturated carbocycles. The predicted octanol–water partition coefficient (Wildman–Crippen LogP) is 3.44. The molecule has 2 unspecified atom stereocenters. The maximum absolute atomic E-state index is 13.6. The molecule has 2 atom stereocenters. The number of thioether (sulfide) groups is 1. The van der Waals surface area contributed by atoms with Gasteiger partial charge in [0.2, 0.25) is 6.04 Å². The number of aliphatic carboxylic acids is 1. The van der Waals surface area contributed by atoms with Crippen molar-refractivity contribution in [2.75, 3.05) is 18.2 Å². The summed E-state index contributed by atoms with van der Waals surface area (Å²) >= 11 is 1.02. The van der Waals surface area contributed by atoms with Crippen LogP contribution >= 0.6 is 11.8 Å². The fourth-order valence-corrected chi connectivity index (χ4v) is 5.23. The number of carbonyl (C=O) groups excluding carboxylic acids is 2. The summed E-state index contributed by atoms with van der Waals surface area (Å²) in [7, 11) is 0. The number of carboxylic acids is 1. The monoisotopic (exact) mass is 480 g/mol. The zero-order chi connectivity index (χ0) is 23.8. The van der Waals surface area contributed by atoms with Crippen LogP contribution in [0.3, 0.4) is 0 Å². The van der Waals surface area contributed by atoms with Gasteiger partial charge >= 0.3 is 18.2 Å². The van der Waals surface area contributed by atoms with Crippen LogP contribution in [-0.2, 0) is 14.3 Å². The lowest BCUT2D eigenvalue weighted by Crippen LogP contribution is -2.58. The molecule has 174 valence electrons. The molecule has 2 aromatic rings. The summed E-state index contributed by atoms with van der Waals surface area (Å²) in [5.41, 5.74) is 3.68. The van der Waals surface area contributed by atoms with Gasteiger partial charge in [-0.2, -0.15) is 13.2 Å². The minimum absolute atomic E-state index is 0.0312. The fraction of sp³-hybridized carbons (Fsp3) is 0.318. The first-order valence-corrected chi connectivity index (χ1v) is 11.1. The molecule has 2 N–H and O–H groups in total. The Balaban J connectivity index is 1.47. The van der Waals surface area contributed by atoms with Gasteiger partial charge in [-0.05, 0) is 22.3 Å². The molecule has 1 aliphatic heterocycles. The number of carbonyl (C=O) groups is 3. The highest BCUT2D eigenvalue weighted by Gasteiger charge is 2.51. The number of hydrogen-bond donors (Lipinski definition) is 2. The van der Waals surface area contributed by atoms with E-state index in [9.17, 15) is 27.6 Å². The summed E-state index contributed by atoms with van der Waals surface area (Å²) in [6, 6.07) is 10.6. The molecule has 11 heteroatoms. The maximum atomic E-state index is 13.6. The van der Waals surface area contributed by atoms with E-state index < -0.39 is 36.2 Å². The number of halogens is 3. The van der Waals surface area contributed by atoms with Crippen LogP contribution in [0.4, 0.5) is 18.0 Å². The van der Waals surface area contributed by atoms with Gasteiger partial charge in [0.15, 0.2) is 0 Å². The molecule has 1 aliphatic carbocycles. The highest BCUT2D eigenvalue weighted by atomic mass is 32.2. The molecule has 1 saturated heterocycles. The van der Waals surface area contributed by atoms with Crippen LogP contribution in [0, 0.1) is 0 Å². The molecule has 7 nitrogen and oxygen atoms in total. The van der Waals surface area contributed by atoms with Crippen molar-refractivity contribution in [3.63, 3.8) is 0 Å². The molecule has 0 radical (unpaired) electrons. The van der Waals surface area contributed by atoms with Crippen LogP contribution in [-0.4, -0.2) is 64.5 Å². The zero-order valence-corrected chi connectivity index (χ0v) is 17.9. The number of fused-ring (bicyclic) bond motifs is 3. The molecule has 1 heterocycles. The van der Waals surface area contributed by atoms with E-state index in [2.05, 4.69) is 0 Å². The van der Waals surface area contributed by atoms with Crippen LogP contribution in [0.2, 0.25) is 0 Å². The molecule has 1 fully saturated rings. The van der Waals surface area contributed by atoms with E-state index in [4.69, 9.17) is 9.84 Å². The number of amides is 2. The Morgan fingerprint density at radius 2 is 1.67 bits per heavy atom. The van der Waals surface area contributed by atoms with Gasteiger partial charge in [-0.1, -0.05) is 48.5 Å². The third-order valence-corrected chi connectivity index (χ3v) is 6.64. The number of hydrogen-bond acceptors (Lipinski definition) is 5. The van der Waals surface area contributed by atoms with E-state index in [-0.39, 0.29) is 24.2 Å². The third kappa shape index (κ3) is 4.50. The lowest BCUT2D eigenvalue weighted by atomic mass is 9.98. The highest BCUT2D eigenvalue weighted by molar-refractivity contribution is 7.99. The summed E-state index contributed by atoms with van der Waals surface area (Å²) in [6.45, 7) is -0.226. The summed E-state index contributed by atoms with van der Waals surface area (Å²) in [6.07, 6.45) is -6.54. The first-order chi connectivity index (χ1) is 15.7. The molecule has 2 amide bonds. The predicted molar refractivity (Wildman–Crippen MR) is 114 cm³/mol. The van der Waals surface area contributed by atoms with Crippen molar-refractivity contribution in [1.82, 2.24) is 10.2 Å².